The second kappa shape index (κ2) is 4.87. The minimum Gasteiger partial charge on any atom is -0.488 e. The van der Waals surface area contributed by atoms with Gasteiger partial charge in [-0.2, -0.15) is 0 Å². The van der Waals surface area contributed by atoms with Gasteiger partial charge in [0.2, 0.25) is 5.91 Å². The van der Waals surface area contributed by atoms with Crippen LogP contribution in [0.25, 0.3) is 0 Å². The quantitative estimate of drug-likeness (QED) is 0.907. The molecule has 1 heterocycles. The normalized spacial score (nSPS) is 20.8. The molecule has 1 atom stereocenters. The highest BCUT2D eigenvalue weighted by Crippen LogP contribution is 2.43. The number of primary amides is 1. The number of hydrogen-bond acceptors (Lipinski definition) is 2. The number of carbonyl (C=O) groups excluding carboxylic acids is 1. The molecule has 0 saturated carbocycles. The number of amides is 1. The first kappa shape index (κ1) is 13.9. The van der Waals surface area contributed by atoms with Gasteiger partial charge in [0.25, 0.3) is 0 Å². The van der Waals surface area contributed by atoms with Crippen LogP contribution in [0, 0.1) is 0 Å². The van der Waals surface area contributed by atoms with E-state index in [0.717, 1.165) is 17.7 Å². The maximum absolute atomic E-state index is 11.3. The predicted octanol–water partition coefficient (Wildman–Crippen LogP) is 3.33. The van der Waals surface area contributed by atoms with Crippen LogP contribution in [0.5, 0.6) is 5.75 Å². The second-order valence-corrected chi connectivity index (χ2v) is 6.39. The lowest BCUT2D eigenvalue weighted by Crippen LogP contribution is -2.36. The molecule has 3 heteroatoms. The number of benzene rings is 1. The zero-order chi connectivity index (χ0) is 14.2. The van der Waals surface area contributed by atoms with Gasteiger partial charge in [0.15, 0.2) is 0 Å². The summed E-state index contributed by atoms with van der Waals surface area (Å²) in [6.45, 7) is 8.44. The highest BCUT2D eigenvalue weighted by molar-refractivity contribution is 5.75. The monoisotopic (exact) mass is 261 g/mol. The molecule has 0 fully saturated rings. The van der Waals surface area contributed by atoms with E-state index >= 15 is 0 Å². The molecule has 0 bridgehead atoms. The zero-order valence-electron chi connectivity index (χ0n) is 12.2. The largest absolute Gasteiger partial charge is 0.488 e. The van der Waals surface area contributed by atoms with Gasteiger partial charge < -0.3 is 10.5 Å². The van der Waals surface area contributed by atoms with E-state index in [2.05, 4.69) is 39.8 Å². The van der Waals surface area contributed by atoms with Gasteiger partial charge in [0.1, 0.15) is 11.4 Å². The standard InChI is InChI=1S/C16H23NO2/c1-10(2)11-5-6-14-13(7-11)12(8-15(17)18)9-16(3,4)19-14/h5-7,10,12H,8-9H2,1-4H3,(H2,17,18). The van der Waals surface area contributed by atoms with Crippen LogP contribution in [-0.4, -0.2) is 11.5 Å². The molecule has 0 saturated heterocycles. The Morgan fingerprint density at radius 2 is 2.16 bits per heavy atom. The van der Waals surface area contributed by atoms with Crippen molar-refractivity contribution >= 4 is 5.91 Å². The maximum Gasteiger partial charge on any atom is 0.218 e. The summed E-state index contributed by atoms with van der Waals surface area (Å²) in [5, 5.41) is 0. The van der Waals surface area contributed by atoms with Crippen LogP contribution in [0.1, 0.15) is 63.5 Å². The summed E-state index contributed by atoms with van der Waals surface area (Å²) >= 11 is 0. The van der Waals surface area contributed by atoms with Gasteiger partial charge in [-0.15, -0.1) is 0 Å². The van der Waals surface area contributed by atoms with E-state index in [4.69, 9.17) is 10.5 Å². The lowest BCUT2D eigenvalue weighted by Gasteiger charge is -2.37. The molecule has 0 aromatic heterocycles. The topological polar surface area (TPSA) is 52.3 Å². The van der Waals surface area contributed by atoms with Crippen molar-refractivity contribution in [1.29, 1.82) is 0 Å². The summed E-state index contributed by atoms with van der Waals surface area (Å²) in [4.78, 5) is 11.3. The third-order valence-electron chi connectivity index (χ3n) is 3.71. The fraction of sp³-hybridized carbons (Fsp3) is 0.562. The highest BCUT2D eigenvalue weighted by atomic mass is 16.5. The van der Waals surface area contributed by atoms with Crippen molar-refractivity contribution in [2.45, 2.75) is 58.0 Å². The summed E-state index contributed by atoms with van der Waals surface area (Å²) in [5.74, 6) is 1.28. The first-order chi connectivity index (χ1) is 8.78. The summed E-state index contributed by atoms with van der Waals surface area (Å²) in [6.07, 6.45) is 1.21. The van der Waals surface area contributed by atoms with E-state index in [-0.39, 0.29) is 17.4 Å². The Morgan fingerprint density at radius 3 is 2.74 bits per heavy atom. The van der Waals surface area contributed by atoms with Crippen molar-refractivity contribution in [2.24, 2.45) is 5.73 Å². The SMILES string of the molecule is CC(C)c1ccc2c(c1)C(CC(N)=O)CC(C)(C)O2. The van der Waals surface area contributed by atoms with Crippen LogP contribution in [0.4, 0.5) is 0 Å². The molecule has 19 heavy (non-hydrogen) atoms. The van der Waals surface area contributed by atoms with Gasteiger partial charge in [-0.05, 0) is 43.4 Å². The number of ether oxygens (including phenoxy) is 1. The molecular formula is C16H23NO2. The maximum atomic E-state index is 11.3. The lowest BCUT2D eigenvalue weighted by atomic mass is 9.81. The Balaban J connectivity index is 2.42. The molecule has 0 spiro atoms. The molecule has 2 N–H and O–H groups in total. The molecule has 0 aliphatic carbocycles. The fourth-order valence-electron chi connectivity index (χ4n) is 2.81. The van der Waals surface area contributed by atoms with Crippen molar-refractivity contribution in [3.63, 3.8) is 0 Å². The summed E-state index contributed by atoms with van der Waals surface area (Å²) in [5.41, 5.74) is 7.55. The Kier molecular flexibility index (Phi) is 3.57. The number of hydrogen-bond donors (Lipinski definition) is 1. The molecule has 0 radical (unpaired) electrons. The van der Waals surface area contributed by atoms with Crippen molar-refractivity contribution in [3.05, 3.63) is 29.3 Å². The third-order valence-corrected chi connectivity index (χ3v) is 3.71. The summed E-state index contributed by atoms with van der Waals surface area (Å²) < 4.78 is 6.01. The van der Waals surface area contributed by atoms with Gasteiger partial charge in [0.05, 0.1) is 0 Å². The van der Waals surface area contributed by atoms with Crippen LogP contribution >= 0.6 is 0 Å². The fourth-order valence-corrected chi connectivity index (χ4v) is 2.81. The Morgan fingerprint density at radius 1 is 1.47 bits per heavy atom. The molecule has 1 unspecified atom stereocenters. The third kappa shape index (κ3) is 3.09. The Hall–Kier alpha value is -1.51. The van der Waals surface area contributed by atoms with Gasteiger partial charge in [-0.3, -0.25) is 4.79 Å². The smallest absolute Gasteiger partial charge is 0.218 e. The molecular weight excluding hydrogens is 238 g/mol. The molecule has 1 amide bonds. The van der Waals surface area contributed by atoms with Crippen molar-refractivity contribution in [2.75, 3.05) is 0 Å². The highest BCUT2D eigenvalue weighted by Gasteiger charge is 2.34. The first-order valence-electron chi connectivity index (χ1n) is 6.89. The number of nitrogens with two attached hydrogens (primary N) is 1. The number of carbonyl (C=O) groups is 1. The van der Waals surface area contributed by atoms with Gasteiger partial charge >= 0.3 is 0 Å². The van der Waals surface area contributed by atoms with Crippen LogP contribution < -0.4 is 10.5 Å². The second-order valence-electron chi connectivity index (χ2n) is 6.39. The van der Waals surface area contributed by atoms with Crippen LogP contribution in [0.2, 0.25) is 0 Å². The number of fused-ring (bicyclic) bond motifs is 1. The average molecular weight is 261 g/mol. The van der Waals surface area contributed by atoms with Crippen molar-refractivity contribution < 1.29 is 9.53 Å². The minimum absolute atomic E-state index is 0.162. The molecule has 104 valence electrons. The Labute approximate surface area is 115 Å². The Bertz CT molecular complexity index is 492. The van der Waals surface area contributed by atoms with Crippen molar-refractivity contribution in [1.82, 2.24) is 0 Å². The molecule has 3 nitrogen and oxygen atoms in total. The number of rotatable bonds is 3. The summed E-state index contributed by atoms with van der Waals surface area (Å²) in [6, 6.07) is 6.30. The van der Waals surface area contributed by atoms with Crippen LogP contribution in [-0.2, 0) is 4.79 Å². The first-order valence-corrected chi connectivity index (χ1v) is 6.89. The lowest BCUT2D eigenvalue weighted by molar-refractivity contribution is -0.118. The van der Waals surface area contributed by atoms with E-state index < -0.39 is 0 Å². The van der Waals surface area contributed by atoms with E-state index in [9.17, 15) is 4.79 Å². The molecule has 2 rings (SSSR count). The molecule has 1 aliphatic heterocycles. The van der Waals surface area contributed by atoms with E-state index in [1.54, 1.807) is 0 Å². The average Bonchev–Trinajstić information content (AvgIpc) is 2.25. The van der Waals surface area contributed by atoms with Gasteiger partial charge in [-0.25, -0.2) is 0 Å². The summed E-state index contributed by atoms with van der Waals surface area (Å²) in [7, 11) is 0. The molecule has 1 aromatic carbocycles. The van der Waals surface area contributed by atoms with Crippen LogP contribution in [0.3, 0.4) is 0 Å². The molecule has 1 aliphatic rings. The van der Waals surface area contributed by atoms with Crippen molar-refractivity contribution in [3.8, 4) is 5.75 Å². The minimum atomic E-state index is -0.247. The van der Waals surface area contributed by atoms with E-state index in [0.29, 0.717) is 12.3 Å². The molecule has 1 aromatic rings. The van der Waals surface area contributed by atoms with Gasteiger partial charge in [-0.1, -0.05) is 26.0 Å². The van der Waals surface area contributed by atoms with E-state index in [1.165, 1.54) is 5.56 Å². The van der Waals surface area contributed by atoms with Gasteiger partial charge in [0, 0.05) is 12.3 Å². The van der Waals surface area contributed by atoms with E-state index in [1.807, 2.05) is 6.07 Å². The predicted molar refractivity (Wildman–Crippen MR) is 76.4 cm³/mol. The van der Waals surface area contributed by atoms with Crippen LogP contribution in [0.15, 0.2) is 18.2 Å². The zero-order valence-corrected chi connectivity index (χ0v) is 12.2.